The predicted octanol–water partition coefficient (Wildman–Crippen LogP) is 3.31. The van der Waals surface area contributed by atoms with Crippen molar-refractivity contribution < 1.29 is 4.74 Å². The van der Waals surface area contributed by atoms with Gasteiger partial charge in [0.1, 0.15) is 0 Å². The van der Waals surface area contributed by atoms with Gasteiger partial charge in [-0.05, 0) is 57.4 Å². The minimum Gasteiger partial charge on any atom is -0.377 e. The molecule has 2 heterocycles. The number of ether oxygens (including phenoxy) is 1. The van der Waals surface area contributed by atoms with Gasteiger partial charge in [0.2, 0.25) is 0 Å². The molecule has 0 bridgehead atoms. The third-order valence-corrected chi connectivity index (χ3v) is 5.90. The summed E-state index contributed by atoms with van der Waals surface area (Å²) in [4.78, 5) is 2.77. The van der Waals surface area contributed by atoms with E-state index in [0.29, 0.717) is 11.6 Å². The third kappa shape index (κ3) is 1.92. The van der Waals surface area contributed by atoms with Gasteiger partial charge in [-0.25, -0.2) is 0 Å². The zero-order valence-electron chi connectivity index (χ0n) is 12.3. The Labute approximate surface area is 112 Å². The molecule has 18 heavy (non-hydrogen) atoms. The average Bonchev–Trinajstić information content (AvgIpc) is 2.48. The van der Waals surface area contributed by atoms with E-state index < -0.39 is 0 Å². The molecule has 2 nitrogen and oxygen atoms in total. The first-order valence-corrected chi connectivity index (χ1v) is 7.98. The van der Waals surface area contributed by atoms with Gasteiger partial charge in [0, 0.05) is 6.04 Å². The van der Waals surface area contributed by atoms with Crippen molar-refractivity contribution in [2.24, 2.45) is 17.8 Å². The van der Waals surface area contributed by atoms with Crippen molar-refractivity contribution in [1.29, 1.82) is 0 Å². The van der Waals surface area contributed by atoms with Crippen LogP contribution in [0.2, 0.25) is 0 Å². The zero-order chi connectivity index (χ0) is 12.8. The van der Waals surface area contributed by atoms with Gasteiger partial charge in [0.05, 0.1) is 18.8 Å². The maximum absolute atomic E-state index is 5.67. The summed E-state index contributed by atoms with van der Waals surface area (Å²) in [5.74, 6) is 2.84. The molecule has 3 rings (SSSR count). The third-order valence-electron chi connectivity index (χ3n) is 5.90. The van der Waals surface area contributed by atoms with Crippen LogP contribution in [-0.2, 0) is 4.74 Å². The van der Waals surface area contributed by atoms with Crippen molar-refractivity contribution in [3.8, 4) is 0 Å². The van der Waals surface area contributed by atoms with E-state index in [4.69, 9.17) is 4.74 Å². The van der Waals surface area contributed by atoms with Crippen LogP contribution in [0.15, 0.2) is 0 Å². The fourth-order valence-corrected chi connectivity index (χ4v) is 4.80. The van der Waals surface area contributed by atoms with E-state index in [-0.39, 0.29) is 0 Å². The molecule has 3 atom stereocenters. The molecule has 0 N–H and O–H groups in total. The molecule has 2 aliphatic heterocycles. The van der Waals surface area contributed by atoms with Crippen LogP contribution in [0.5, 0.6) is 0 Å². The smallest absolute Gasteiger partial charge is 0.0711 e. The topological polar surface area (TPSA) is 12.5 Å². The Bertz CT molecular complexity index is 297. The molecule has 0 aromatic heterocycles. The minimum atomic E-state index is 0.418. The van der Waals surface area contributed by atoms with Crippen LogP contribution >= 0.6 is 0 Å². The zero-order valence-corrected chi connectivity index (χ0v) is 12.3. The number of likely N-dealkylation sites (tertiary alicyclic amines) is 1. The van der Waals surface area contributed by atoms with Crippen LogP contribution in [0.25, 0.3) is 0 Å². The summed E-state index contributed by atoms with van der Waals surface area (Å²) in [6.45, 7) is 10.5. The highest BCUT2D eigenvalue weighted by molar-refractivity contribution is 5.08. The fourth-order valence-electron chi connectivity index (χ4n) is 4.80. The highest BCUT2D eigenvalue weighted by Crippen LogP contribution is 2.49. The number of rotatable bonds is 1. The Balaban J connectivity index is 1.83. The van der Waals surface area contributed by atoms with Gasteiger partial charge in [0.25, 0.3) is 0 Å². The summed E-state index contributed by atoms with van der Waals surface area (Å²) >= 11 is 0. The summed E-state index contributed by atoms with van der Waals surface area (Å²) in [6.07, 6.45) is 7.24. The largest absolute Gasteiger partial charge is 0.377 e. The SMILES string of the molecule is CC1CCC2CCN(C(C)C)C3(COC3)C2CC1. The van der Waals surface area contributed by atoms with Crippen LogP contribution in [0, 0.1) is 17.8 Å². The van der Waals surface area contributed by atoms with Crippen molar-refractivity contribution in [2.75, 3.05) is 19.8 Å². The molecule has 1 aliphatic carbocycles. The lowest BCUT2D eigenvalue weighted by Crippen LogP contribution is -2.71. The summed E-state index contributed by atoms with van der Waals surface area (Å²) in [5.41, 5.74) is 0.418. The van der Waals surface area contributed by atoms with Gasteiger partial charge in [-0.1, -0.05) is 19.8 Å². The quantitative estimate of drug-likeness (QED) is 0.709. The summed E-state index contributed by atoms with van der Waals surface area (Å²) in [5, 5.41) is 0. The lowest BCUT2D eigenvalue weighted by Gasteiger charge is -2.60. The van der Waals surface area contributed by atoms with Gasteiger partial charge in [0.15, 0.2) is 0 Å². The van der Waals surface area contributed by atoms with E-state index >= 15 is 0 Å². The number of nitrogens with zero attached hydrogens (tertiary/aromatic N) is 1. The van der Waals surface area contributed by atoms with E-state index in [1.54, 1.807) is 0 Å². The summed E-state index contributed by atoms with van der Waals surface area (Å²) < 4.78 is 5.67. The van der Waals surface area contributed by atoms with Crippen molar-refractivity contribution in [2.45, 2.75) is 64.5 Å². The van der Waals surface area contributed by atoms with Crippen molar-refractivity contribution in [3.63, 3.8) is 0 Å². The Morgan fingerprint density at radius 1 is 1.06 bits per heavy atom. The van der Waals surface area contributed by atoms with Gasteiger partial charge >= 0.3 is 0 Å². The Kier molecular flexibility index (Phi) is 3.44. The van der Waals surface area contributed by atoms with Crippen molar-refractivity contribution in [3.05, 3.63) is 0 Å². The second-order valence-corrected chi connectivity index (χ2v) is 7.30. The van der Waals surface area contributed by atoms with Crippen LogP contribution in [0.1, 0.15) is 52.9 Å². The van der Waals surface area contributed by atoms with Gasteiger partial charge < -0.3 is 4.74 Å². The molecule has 1 spiro atoms. The maximum atomic E-state index is 5.67. The number of piperidine rings is 1. The fraction of sp³-hybridized carbons (Fsp3) is 1.00. The van der Waals surface area contributed by atoms with Gasteiger partial charge in [-0.2, -0.15) is 0 Å². The highest BCUT2D eigenvalue weighted by atomic mass is 16.5. The van der Waals surface area contributed by atoms with E-state index in [0.717, 1.165) is 31.0 Å². The Morgan fingerprint density at radius 2 is 1.78 bits per heavy atom. The molecule has 0 radical (unpaired) electrons. The normalized spacial score (nSPS) is 40.3. The van der Waals surface area contributed by atoms with Crippen LogP contribution in [-0.4, -0.2) is 36.2 Å². The van der Waals surface area contributed by atoms with E-state index in [9.17, 15) is 0 Å². The van der Waals surface area contributed by atoms with Crippen LogP contribution in [0.4, 0.5) is 0 Å². The molecule has 0 aromatic rings. The second-order valence-electron chi connectivity index (χ2n) is 7.30. The van der Waals surface area contributed by atoms with E-state index in [1.807, 2.05) is 0 Å². The molecular formula is C16H29NO. The minimum absolute atomic E-state index is 0.418. The summed E-state index contributed by atoms with van der Waals surface area (Å²) in [6, 6.07) is 0.676. The van der Waals surface area contributed by atoms with E-state index in [2.05, 4.69) is 25.7 Å². The first-order chi connectivity index (χ1) is 8.63. The second kappa shape index (κ2) is 4.79. The van der Waals surface area contributed by atoms with Gasteiger partial charge in [-0.3, -0.25) is 4.90 Å². The summed E-state index contributed by atoms with van der Waals surface area (Å²) in [7, 11) is 0. The molecule has 3 unspecified atom stereocenters. The average molecular weight is 251 g/mol. The molecule has 0 amide bonds. The van der Waals surface area contributed by atoms with Crippen LogP contribution < -0.4 is 0 Å². The van der Waals surface area contributed by atoms with E-state index in [1.165, 1.54) is 38.6 Å². The Hall–Kier alpha value is -0.0800. The molecule has 1 saturated carbocycles. The Morgan fingerprint density at radius 3 is 2.39 bits per heavy atom. The van der Waals surface area contributed by atoms with Gasteiger partial charge in [-0.15, -0.1) is 0 Å². The molecule has 2 saturated heterocycles. The van der Waals surface area contributed by atoms with Crippen LogP contribution in [0.3, 0.4) is 0 Å². The molecule has 104 valence electrons. The van der Waals surface area contributed by atoms with Crippen molar-refractivity contribution in [1.82, 2.24) is 4.90 Å². The molecule has 0 aromatic carbocycles. The molecular weight excluding hydrogens is 222 g/mol. The molecule has 2 heteroatoms. The monoisotopic (exact) mass is 251 g/mol. The number of hydrogen-bond acceptors (Lipinski definition) is 2. The van der Waals surface area contributed by atoms with Crippen molar-refractivity contribution >= 4 is 0 Å². The standard InChI is InChI=1S/C16H29NO/c1-12(2)17-9-8-14-6-4-13(3)5-7-15(14)16(17)10-18-11-16/h12-15H,4-11H2,1-3H3. The highest BCUT2D eigenvalue weighted by Gasteiger charge is 2.55. The molecule has 3 fully saturated rings. The number of fused-ring (bicyclic) bond motifs is 2. The predicted molar refractivity (Wildman–Crippen MR) is 74.6 cm³/mol. The lowest BCUT2D eigenvalue weighted by atomic mass is 9.66. The maximum Gasteiger partial charge on any atom is 0.0711 e. The number of hydrogen-bond donors (Lipinski definition) is 0. The first-order valence-electron chi connectivity index (χ1n) is 7.98. The first kappa shape index (κ1) is 12.9. The lowest BCUT2D eigenvalue weighted by molar-refractivity contribution is -0.207. The molecule has 3 aliphatic rings.